The maximum Gasteiger partial charge on any atom is 0.221 e. The second-order valence-electron chi connectivity index (χ2n) is 4.02. The van der Waals surface area contributed by atoms with Gasteiger partial charge >= 0.3 is 0 Å². The second-order valence-corrected chi connectivity index (χ2v) is 4.02. The van der Waals surface area contributed by atoms with Gasteiger partial charge in [-0.15, -0.1) is 0 Å². The van der Waals surface area contributed by atoms with Gasteiger partial charge in [-0.2, -0.15) is 0 Å². The van der Waals surface area contributed by atoms with Crippen molar-refractivity contribution >= 4 is 10.8 Å². The largest absolute Gasteiger partial charge is 0.473 e. The molecule has 0 aliphatic rings. The second kappa shape index (κ2) is 6.17. The van der Waals surface area contributed by atoms with Crippen LogP contribution in [0.4, 0.5) is 0 Å². The molecule has 1 aromatic carbocycles. The molecule has 1 aromatic heterocycles. The molecular weight excluding hydrogens is 224 g/mol. The van der Waals surface area contributed by atoms with Crippen molar-refractivity contribution in [2.75, 3.05) is 13.2 Å². The summed E-state index contributed by atoms with van der Waals surface area (Å²) in [6, 6.07) is 10.2. The van der Waals surface area contributed by atoms with Crippen LogP contribution in [0.3, 0.4) is 0 Å². The summed E-state index contributed by atoms with van der Waals surface area (Å²) in [6.07, 6.45) is 1.73. The number of hydrogen-bond donors (Lipinski definition) is 1. The Balaban J connectivity index is 2.39. The average molecular weight is 242 g/mol. The summed E-state index contributed by atoms with van der Waals surface area (Å²) < 4.78 is 5.63. The average Bonchev–Trinajstić information content (AvgIpc) is 2.42. The van der Waals surface area contributed by atoms with Crippen LogP contribution in [0.5, 0.6) is 5.88 Å². The molecule has 0 saturated carbocycles. The molecule has 0 radical (unpaired) electrons. The Morgan fingerprint density at radius 1 is 1.39 bits per heavy atom. The van der Waals surface area contributed by atoms with Gasteiger partial charge < -0.3 is 10.1 Å². The van der Waals surface area contributed by atoms with Crippen molar-refractivity contribution in [1.29, 1.82) is 0 Å². The number of benzene rings is 1. The molecule has 1 heterocycles. The van der Waals surface area contributed by atoms with Crippen LogP contribution in [0.1, 0.15) is 12.6 Å². The van der Waals surface area contributed by atoms with Gasteiger partial charge in [-0.05, 0) is 24.1 Å². The minimum atomic E-state index is 0.474. The van der Waals surface area contributed by atoms with E-state index in [4.69, 9.17) is 4.74 Å². The molecule has 2 aromatic rings. The summed E-state index contributed by atoms with van der Waals surface area (Å²) in [5.41, 5.74) is 0.995. The number of fused-ring (bicyclic) bond motifs is 1. The molecule has 18 heavy (non-hydrogen) atoms. The van der Waals surface area contributed by atoms with Crippen LogP contribution in [-0.4, -0.2) is 18.1 Å². The summed E-state index contributed by atoms with van der Waals surface area (Å²) >= 11 is 0. The van der Waals surface area contributed by atoms with E-state index in [2.05, 4.69) is 35.9 Å². The first kappa shape index (κ1) is 12.6. The number of nitrogens with one attached hydrogen (secondary N) is 1. The van der Waals surface area contributed by atoms with E-state index >= 15 is 0 Å². The van der Waals surface area contributed by atoms with E-state index in [9.17, 15) is 0 Å². The van der Waals surface area contributed by atoms with Crippen LogP contribution < -0.4 is 10.1 Å². The van der Waals surface area contributed by atoms with E-state index in [0.29, 0.717) is 12.5 Å². The Bertz CT molecular complexity index is 537. The zero-order valence-electron chi connectivity index (χ0n) is 10.6. The summed E-state index contributed by atoms with van der Waals surface area (Å²) in [5, 5.41) is 5.47. The topological polar surface area (TPSA) is 34.1 Å². The smallest absolute Gasteiger partial charge is 0.221 e. The molecule has 0 unspecified atom stereocenters. The van der Waals surface area contributed by atoms with Crippen LogP contribution in [0.25, 0.3) is 10.8 Å². The summed E-state index contributed by atoms with van der Waals surface area (Å²) in [6.45, 7) is 7.90. The summed E-state index contributed by atoms with van der Waals surface area (Å²) in [4.78, 5) is 4.54. The van der Waals surface area contributed by atoms with E-state index in [1.165, 1.54) is 0 Å². The molecule has 0 aliphatic heterocycles. The number of ether oxygens (including phenoxy) is 1. The third-order valence-corrected chi connectivity index (χ3v) is 2.65. The van der Waals surface area contributed by atoms with Crippen LogP contribution in [0.15, 0.2) is 43.0 Å². The first-order valence-electron chi connectivity index (χ1n) is 6.18. The Labute approximate surface area is 107 Å². The van der Waals surface area contributed by atoms with Crippen molar-refractivity contribution in [2.24, 2.45) is 0 Å². The highest BCUT2D eigenvalue weighted by Crippen LogP contribution is 2.24. The van der Waals surface area contributed by atoms with Crippen LogP contribution in [0, 0.1) is 0 Å². The fourth-order valence-electron chi connectivity index (χ4n) is 1.81. The van der Waals surface area contributed by atoms with Gasteiger partial charge in [0.1, 0.15) is 6.61 Å². The van der Waals surface area contributed by atoms with Gasteiger partial charge in [-0.1, -0.05) is 37.8 Å². The van der Waals surface area contributed by atoms with Crippen LogP contribution >= 0.6 is 0 Å². The minimum absolute atomic E-state index is 0.474. The third kappa shape index (κ3) is 2.87. The van der Waals surface area contributed by atoms with E-state index < -0.39 is 0 Å². The van der Waals surface area contributed by atoms with Gasteiger partial charge in [-0.3, -0.25) is 0 Å². The highest BCUT2D eigenvalue weighted by Gasteiger charge is 2.06. The molecule has 0 fully saturated rings. The zero-order chi connectivity index (χ0) is 12.8. The third-order valence-electron chi connectivity index (χ3n) is 2.65. The van der Waals surface area contributed by atoms with Gasteiger partial charge in [0, 0.05) is 11.9 Å². The highest BCUT2D eigenvalue weighted by molar-refractivity contribution is 5.87. The number of pyridine rings is 1. The Morgan fingerprint density at radius 3 is 3.00 bits per heavy atom. The Kier molecular flexibility index (Phi) is 4.31. The molecule has 1 N–H and O–H groups in total. The van der Waals surface area contributed by atoms with Crippen molar-refractivity contribution in [1.82, 2.24) is 10.3 Å². The molecule has 3 heteroatoms. The number of nitrogens with zero attached hydrogens (tertiary/aromatic N) is 1. The van der Waals surface area contributed by atoms with Gasteiger partial charge in [0.05, 0.1) is 5.69 Å². The monoisotopic (exact) mass is 242 g/mol. The lowest BCUT2D eigenvalue weighted by molar-refractivity contribution is 0.352. The predicted octanol–water partition coefficient (Wildman–Crippen LogP) is 2.91. The fraction of sp³-hybridized carbons (Fsp3) is 0.267. The molecule has 0 spiro atoms. The Hall–Kier alpha value is -1.87. The van der Waals surface area contributed by atoms with Crippen molar-refractivity contribution in [3.8, 4) is 5.88 Å². The molecular formula is C15H18N2O. The molecule has 2 rings (SSSR count). The van der Waals surface area contributed by atoms with Crippen molar-refractivity contribution in [3.63, 3.8) is 0 Å². The lowest BCUT2D eigenvalue weighted by Gasteiger charge is -2.09. The van der Waals surface area contributed by atoms with Crippen LogP contribution in [-0.2, 0) is 6.54 Å². The highest BCUT2D eigenvalue weighted by atomic mass is 16.5. The number of hydrogen-bond acceptors (Lipinski definition) is 3. The zero-order valence-corrected chi connectivity index (χ0v) is 10.6. The normalized spacial score (nSPS) is 10.5. The van der Waals surface area contributed by atoms with Gasteiger partial charge in [0.25, 0.3) is 0 Å². The molecule has 0 bridgehead atoms. The molecule has 0 saturated heterocycles. The van der Waals surface area contributed by atoms with Crippen molar-refractivity contribution in [2.45, 2.75) is 13.5 Å². The first-order valence-corrected chi connectivity index (χ1v) is 6.18. The molecule has 0 atom stereocenters. The quantitative estimate of drug-likeness (QED) is 0.791. The standard InChI is InChI=1S/C15H18N2O/c1-3-9-18-15-14-8-6-5-7-12(14)10-13(17-15)11-16-4-2/h3,5-8,10,16H,1,4,9,11H2,2H3. The number of rotatable bonds is 6. The van der Waals surface area contributed by atoms with Crippen molar-refractivity contribution < 1.29 is 4.74 Å². The summed E-state index contributed by atoms with van der Waals surface area (Å²) in [5.74, 6) is 0.681. The maximum atomic E-state index is 5.63. The van der Waals surface area contributed by atoms with E-state index in [0.717, 1.165) is 29.6 Å². The first-order chi connectivity index (χ1) is 8.85. The minimum Gasteiger partial charge on any atom is -0.473 e. The molecule has 94 valence electrons. The lowest BCUT2D eigenvalue weighted by Crippen LogP contribution is -2.13. The van der Waals surface area contributed by atoms with E-state index in [1.807, 2.05) is 18.2 Å². The van der Waals surface area contributed by atoms with Crippen molar-refractivity contribution in [3.05, 3.63) is 48.7 Å². The fourth-order valence-corrected chi connectivity index (χ4v) is 1.81. The van der Waals surface area contributed by atoms with Gasteiger partial charge in [0.2, 0.25) is 5.88 Å². The maximum absolute atomic E-state index is 5.63. The van der Waals surface area contributed by atoms with Gasteiger partial charge in [0.15, 0.2) is 0 Å². The predicted molar refractivity (Wildman–Crippen MR) is 74.8 cm³/mol. The SMILES string of the molecule is C=CCOc1nc(CNCC)cc2ccccc12. The van der Waals surface area contributed by atoms with Crippen LogP contribution in [0.2, 0.25) is 0 Å². The summed E-state index contributed by atoms with van der Waals surface area (Å²) in [7, 11) is 0. The number of aromatic nitrogens is 1. The molecule has 0 aliphatic carbocycles. The molecule has 0 amide bonds. The van der Waals surface area contributed by atoms with Gasteiger partial charge in [-0.25, -0.2) is 4.98 Å². The lowest BCUT2D eigenvalue weighted by atomic mass is 10.1. The van der Waals surface area contributed by atoms with E-state index in [1.54, 1.807) is 6.08 Å². The Morgan fingerprint density at radius 2 is 2.22 bits per heavy atom. The molecule has 3 nitrogen and oxygen atoms in total. The van der Waals surface area contributed by atoms with E-state index in [-0.39, 0.29) is 0 Å².